The van der Waals surface area contributed by atoms with Crippen molar-refractivity contribution in [3.8, 4) is 17.4 Å². The second kappa shape index (κ2) is 7.84. The van der Waals surface area contributed by atoms with Gasteiger partial charge in [0.15, 0.2) is 11.5 Å². The first-order chi connectivity index (χ1) is 11.8. The van der Waals surface area contributed by atoms with E-state index < -0.39 is 18.2 Å². The molecule has 0 saturated heterocycles. The van der Waals surface area contributed by atoms with E-state index in [0.717, 1.165) is 0 Å². The van der Waals surface area contributed by atoms with Crippen molar-refractivity contribution in [1.82, 2.24) is 10.3 Å². The number of alkyl halides is 3. The number of carbonyl (C=O) groups excluding carboxylic acids is 1. The fourth-order valence-electron chi connectivity index (χ4n) is 1.89. The Hall–Kier alpha value is -2.81. The van der Waals surface area contributed by atoms with E-state index in [1.165, 1.54) is 25.4 Å². The molecule has 0 saturated carbocycles. The number of methoxy groups -OCH3 is 1. The van der Waals surface area contributed by atoms with Crippen LogP contribution in [-0.2, 0) is 11.3 Å². The molecule has 1 atom stereocenters. The molecule has 1 aromatic heterocycles. The highest BCUT2D eigenvalue weighted by atomic mass is 19.4. The quantitative estimate of drug-likeness (QED) is 0.831. The molecule has 1 heterocycles. The number of benzene rings is 1. The fraction of sp³-hybridized carbons (Fsp3) is 0.250. The highest BCUT2D eigenvalue weighted by molar-refractivity contribution is 5.81. The van der Waals surface area contributed by atoms with Crippen LogP contribution in [0.4, 0.5) is 13.2 Å². The van der Waals surface area contributed by atoms with Gasteiger partial charge in [-0.1, -0.05) is 18.2 Å². The minimum absolute atomic E-state index is 0.0915. The summed E-state index contributed by atoms with van der Waals surface area (Å²) in [5, 5.41) is 10.9. The zero-order valence-corrected chi connectivity index (χ0v) is 13.1. The molecule has 1 aromatic carbocycles. The molecule has 2 N–H and O–H groups in total. The second-order valence-corrected chi connectivity index (χ2v) is 4.88. The van der Waals surface area contributed by atoms with Crippen molar-refractivity contribution in [3.63, 3.8) is 0 Å². The average Bonchev–Trinajstić information content (AvgIpc) is 2.59. The molecule has 0 aliphatic heterocycles. The Morgan fingerprint density at radius 2 is 1.92 bits per heavy atom. The van der Waals surface area contributed by atoms with Crippen LogP contribution in [0, 0.1) is 0 Å². The lowest BCUT2D eigenvalue weighted by Crippen LogP contribution is -2.43. The number of aromatic nitrogens is 1. The summed E-state index contributed by atoms with van der Waals surface area (Å²) in [5.41, 5.74) is 0.330. The SMILES string of the molecule is COc1ccccc1Oc1ncccc1CNC(=O)[C@H](O)C(F)(F)F. The number of hydrogen-bond acceptors (Lipinski definition) is 5. The van der Waals surface area contributed by atoms with Crippen LogP contribution in [0.25, 0.3) is 0 Å². The number of aliphatic hydroxyl groups is 1. The molecule has 2 rings (SSSR count). The first-order valence-corrected chi connectivity index (χ1v) is 7.10. The Balaban J connectivity index is 2.12. The van der Waals surface area contributed by atoms with Gasteiger partial charge in [-0.25, -0.2) is 4.98 Å². The third-order valence-electron chi connectivity index (χ3n) is 3.14. The minimum atomic E-state index is -5.03. The van der Waals surface area contributed by atoms with Crippen molar-refractivity contribution in [2.24, 2.45) is 0 Å². The van der Waals surface area contributed by atoms with Gasteiger partial charge in [0.05, 0.1) is 7.11 Å². The Morgan fingerprint density at radius 1 is 1.24 bits per heavy atom. The fourth-order valence-corrected chi connectivity index (χ4v) is 1.89. The van der Waals surface area contributed by atoms with Gasteiger partial charge in [-0.05, 0) is 18.2 Å². The largest absolute Gasteiger partial charge is 0.493 e. The molecule has 0 spiro atoms. The second-order valence-electron chi connectivity index (χ2n) is 4.88. The molecule has 9 heteroatoms. The van der Waals surface area contributed by atoms with E-state index in [0.29, 0.717) is 17.1 Å². The van der Waals surface area contributed by atoms with Gasteiger partial charge in [-0.2, -0.15) is 13.2 Å². The number of pyridine rings is 1. The monoisotopic (exact) mass is 356 g/mol. The number of nitrogens with zero attached hydrogens (tertiary/aromatic N) is 1. The number of rotatable bonds is 6. The van der Waals surface area contributed by atoms with Gasteiger partial charge in [-0.15, -0.1) is 0 Å². The molecule has 25 heavy (non-hydrogen) atoms. The maximum absolute atomic E-state index is 12.3. The maximum Gasteiger partial charge on any atom is 0.423 e. The van der Waals surface area contributed by atoms with Gasteiger partial charge in [0, 0.05) is 18.3 Å². The highest BCUT2D eigenvalue weighted by Gasteiger charge is 2.43. The number of para-hydroxylation sites is 2. The summed E-state index contributed by atoms with van der Waals surface area (Å²) in [6.45, 7) is -0.301. The summed E-state index contributed by atoms with van der Waals surface area (Å²) < 4.78 is 47.7. The van der Waals surface area contributed by atoms with Crippen LogP contribution in [0.5, 0.6) is 17.4 Å². The van der Waals surface area contributed by atoms with Gasteiger partial charge in [0.25, 0.3) is 5.91 Å². The van der Waals surface area contributed by atoms with Crippen LogP contribution in [0.2, 0.25) is 0 Å². The molecular weight excluding hydrogens is 341 g/mol. The molecule has 6 nitrogen and oxygen atoms in total. The van der Waals surface area contributed by atoms with E-state index in [1.807, 2.05) is 5.32 Å². The third-order valence-corrected chi connectivity index (χ3v) is 3.14. The zero-order chi connectivity index (χ0) is 18.4. The van der Waals surface area contributed by atoms with E-state index in [-0.39, 0.29) is 12.4 Å². The molecule has 0 fully saturated rings. The minimum Gasteiger partial charge on any atom is -0.493 e. The number of ether oxygens (including phenoxy) is 2. The van der Waals surface area contributed by atoms with Gasteiger partial charge in [0.1, 0.15) is 0 Å². The predicted octanol–water partition coefficient (Wildman–Crippen LogP) is 2.42. The molecule has 0 aliphatic rings. The average molecular weight is 356 g/mol. The topological polar surface area (TPSA) is 80.7 Å². The summed E-state index contributed by atoms with van der Waals surface area (Å²) in [5.74, 6) is -0.671. The molecule has 0 unspecified atom stereocenters. The number of amides is 1. The maximum atomic E-state index is 12.3. The van der Waals surface area contributed by atoms with Crippen molar-refractivity contribution in [2.75, 3.05) is 7.11 Å². The van der Waals surface area contributed by atoms with Crippen LogP contribution in [0.15, 0.2) is 42.6 Å². The van der Waals surface area contributed by atoms with Crippen molar-refractivity contribution in [3.05, 3.63) is 48.2 Å². The Kier molecular flexibility index (Phi) is 5.81. The Morgan fingerprint density at radius 3 is 2.56 bits per heavy atom. The van der Waals surface area contributed by atoms with Crippen LogP contribution in [0.3, 0.4) is 0 Å². The molecule has 134 valence electrons. The van der Waals surface area contributed by atoms with Crippen LogP contribution in [-0.4, -0.2) is 35.4 Å². The lowest BCUT2D eigenvalue weighted by molar-refractivity contribution is -0.205. The van der Waals surface area contributed by atoms with Gasteiger partial charge < -0.3 is 19.9 Å². The zero-order valence-electron chi connectivity index (χ0n) is 13.1. The molecule has 0 bridgehead atoms. The van der Waals surface area contributed by atoms with Gasteiger partial charge >= 0.3 is 6.18 Å². The highest BCUT2D eigenvalue weighted by Crippen LogP contribution is 2.31. The predicted molar refractivity (Wildman–Crippen MR) is 81.2 cm³/mol. The van der Waals surface area contributed by atoms with Gasteiger partial charge in [-0.3, -0.25) is 4.79 Å². The van der Waals surface area contributed by atoms with Gasteiger partial charge in [0.2, 0.25) is 12.0 Å². The molecular formula is C16H15F3N2O4. The number of nitrogens with one attached hydrogen (secondary N) is 1. The first kappa shape index (κ1) is 18.5. The number of halogens is 3. The van der Waals surface area contributed by atoms with Crippen molar-refractivity contribution >= 4 is 5.91 Å². The number of carbonyl (C=O) groups is 1. The Bertz CT molecular complexity index is 737. The van der Waals surface area contributed by atoms with E-state index in [9.17, 15) is 18.0 Å². The first-order valence-electron chi connectivity index (χ1n) is 7.10. The van der Waals surface area contributed by atoms with Crippen LogP contribution >= 0.6 is 0 Å². The van der Waals surface area contributed by atoms with Crippen LogP contribution < -0.4 is 14.8 Å². The van der Waals surface area contributed by atoms with Crippen LogP contribution in [0.1, 0.15) is 5.56 Å². The normalized spacial score (nSPS) is 12.4. The summed E-state index contributed by atoms with van der Waals surface area (Å²) in [4.78, 5) is 15.4. The van der Waals surface area contributed by atoms with Crippen molar-refractivity contribution < 1.29 is 32.5 Å². The number of aliphatic hydroxyl groups excluding tert-OH is 1. The standard InChI is InChI=1S/C16H15F3N2O4/c1-24-11-6-2-3-7-12(11)25-15-10(5-4-8-20-15)9-21-14(23)13(22)16(17,18)19/h2-8,13,22H,9H2,1H3,(H,21,23)/t13-/m0/s1. The third kappa shape index (κ3) is 4.83. The van der Waals surface area contributed by atoms with E-state index in [4.69, 9.17) is 14.6 Å². The lowest BCUT2D eigenvalue weighted by Gasteiger charge is -2.15. The van der Waals surface area contributed by atoms with E-state index in [1.54, 1.807) is 24.3 Å². The van der Waals surface area contributed by atoms with E-state index >= 15 is 0 Å². The number of hydrogen-bond donors (Lipinski definition) is 2. The van der Waals surface area contributed by atoms with Crippen molar-refractivity contribution in [1.29, 1.82) is 0 Å². The summed E-state index contributed by atoms with van der Waals surface area (Å²) in [7, 11) is 1.46. The summed E-state index contributed by atoms with van der Waals surface area (Å²) in [6, 6.07) is 9.81. The summed E-state index contributed by atoms with van der Waals surface area (Å²) >= 11 is 0. The van der Waals surface area contributed by atoms with Crippen molar-refractivity contribution in [2.45, 2.75) is 18.8 Å². The summed E-state index contributed by atoms with van der Waals surface area (Å²) in [6.07, 6.45) is -6.70. The molecule has 0 aliphatic carbocycles. The van der Waals surface area contributed by atoms with E-state index in [2.05, 4.69) is 4.98 Å². The Labute approximate surface area is 141 Å². The molecule has 0 radical (unpaired) electrons. The lowest BCUT2D eigenvalue weighted by atomic mass is 10.2. The smallest absolute Gasteiger partial charge is 0.423 e. The molecule has 1 amide bonds. The molecule has 2 aromatic rings.